The zero-order valence-corrected chi connectivity index (χ0v) is 7.86. The number of hydrogen-bond donors (Lipinski definition) is 2. The van der Waals surface area contributed by atoms with E-state index in [2.05, 4.69) is 5.32 Å². The van der Waals surface area contributed by atoms with Crippen LogP contribution in [-0.2, 0) is 0 Å². The molecule has 2 N–H and O–H groups in total. The van der Waals surface area contributed by atoms with Gasteiger partial charge in [0.15, 0.2) is 0 Å². The van der Waals surface area contributed by atoms with Gasteiger partial charge in [-0.15, -0.1) is 0 Å². The van der Waals surface area contributed by atoms with Crippen molar-refractivity contribution in [2.75, 3.05) is 7.05 Å². The highest BCUT2D eigenvalue weighted by Crippen LogP contribution is 2.29. The highest BCUT2D eigenvalue weighted by molar-refractivity contribution is 5.65. The van der Waals surface area contributed by atoms with Crippen LogP contribution in [0, 0.1) is 0 Å². The third-order valence-electron chi connectivity index (χ3n) is 3.30. The third-order valence-corrected chi connectivity index (χ3v) is 3.30. The first-order valence-electron chi connectivity index (χ1n) is 4.88. The SMILES string of the molecule is CN(C(=O)O)[C@H]1C[C@H]2CC[C@@H](C1)N2. The zero-order valence-electron chi connectivity index (χ0n) is 7.86. The second-order valence-corrected chi connectivity index (χ2v) is 4.16. The fourth-order valence-electron chi connectivity index (χ4n) is 2.50. The summed E-state index contributed by atoms with van der Waals surface area (Å²) in [4.78, 5) is 12.2. The molecule has 4 heteroatoms. The summed E-state index contributed by atoms with van der Waals surface area (Å²) in [6, 6.07) is 1.35. The van der Waals surface area contributed by atoms with Crippen LogP contribution in [0.1, 0.15) is 25.7 Å². The van der Waals surface area contributed by atoms with E-state index in [1.807, 2.05) is 0 Å². The first-order valence-corrected chi connectivity index (χ1v) is 4.88. The first-order chi connectivity index (χ1) is 6.16. The largest absolute Gasteiger partial charge is 0.465 e. The number of nitrogens with zero attached hydrogens (tertiary/aromatic N) is 1. The Kier molecular flexibility index (Phi) is 2.15. The van der Waals surface area contributed by atoms with Crippen molar-refractivity contribution in [1.82, 2.24) is 10.2 Å². The van der Waals surface area contributed by atoms with E-state index in [0.29, 0.717) is 12.1 Å². The van der Waals surface area contributed by atoms with Crippen molar-refractivity contribution in [2.45, 2.75) is 43.8 Å². The number of rotatable bonds is 1. The summed E-state index contributed by atoms with van der Waals surface area (Å²) in [5.41, 5.74) is 0. The maximum atomic E-state index is 10.7. The Balaban J connectivity index is 1.98. The van der Waals surface area contributed by atoms with Crippen LogP contribution in [-0.4, -0.2) is 41.3 Å². The molecule has 3 atom stereocenters. The van der Waals surface area contributed by atoms with Gasteiger partial charge < -0.3 is 15.3 Å². The average molecular weight is 184 g/mol. The third kappa shape index (κ3) is 1.63. The molecule has 0 unspecified atom stereocenters. The van der Waals surface area contributed by atoms with Gasteiger partial charge in [-0.2, -0.15) is 0 Å². The van der Waals surface area contributed by atoms with Crippen LogP contribution in [0.5, 0.6) is 0 Å². The van der Waals surface area contributed by atoms with E-state index in [9.17, 15) is 4.79 Å². The number of amides is 1. The van der Waals surface area contributed by atoms with Gasteiger partial charge in [0.25, 0.3) is 0 Å². The Hall–Kier alpha value is -0.770. The molecule has 0 aliphatic carbocycles. The molecule has 4 nitrogen and oxygen atoms in total. The van der Waals surface area contributed by atoms with Crippen molar-refractivity contribution in [2.24, 2.45) is 0 Å². The molecule has 2 rings (SSSR count). The number of carboxylic acid groups (broad SMARTS) is 1. The maximum Gasteiger partial charge on any atom is 0.407 e. The van der Waals surface area contributed by atoms with Gasteiger partial charge in [-0.25, -0.2) is 4.79 Å². The lowest BCUT2D eigenvalue weighted by atomic mass is 9.99. The van der Waals surface area contributed by atoms with E-state index in [1.54, 1.807) is 7.05 Å². The van der Waals surface area contributed by atoms with Gasteiger partial charge in [-0.1, -0.05) is 0 Å². The minimum atomic E-state index is -0.800. The van der Waals surface area contributed by atoms with Crippen molar-refractivity contribution >= 4 is 6.09 Å². The Morgan fingerprint density at radius 2 is 1.92 bits per heavy atom. The molecule has 2 aliphatic heterocycles. The molecule has 2 saturated heterocycles. The molecule has 2 heterocycles. The maximum absolute atomic E-state index is 10.7. The fourth-order valence-corrected chi connectivity index (χ4v) is 2.50. The second kappa shape index (κ2) is 3.18. The zero-order chi connectivity index (χ0) is 9.42. The normalized spacial score (nSPS) is 37.5. The molecule has 0 aromatic rings. The van der Waals surface area contributed by atoms with Crippen LogP contribution in [0.15, 0.2) is 0 Å². The smallest absolute Gasteiger partial charge is 0.407 e. The Bertz CT molecular complexity index is 208. The molecule has 0 aromatic carbocycles. The van der Waals surface area contributed by atoms with Gasteiger partial charge in [0.1, 0.15) is 0 Å². The number of hydrogen-bond acceptors (Lipinski definition) is 2. The molecular formula is C9H16N2O2. The van der Waals surface area contributed by atoms with Gasteiger partial charge >= 0.3 is 6.09 Å². The molecule has 0 aromatic heterocycles. The lowest BCUT2D eigenvalue weighted by Gasteiger charge is -2.33. The minimum Gasteiger partial charge on any atom is -0.465 e. The summed E-state index contributed by atoms with van der Waals surface area (Å²) >= 11 is 0. The minimum absolute atomic E-state index is 0.233. The topological polar surface area (TPSA) is 52.6 Å². The Morgan fingerprint density at radius 3 is 2.38 bits per heavy atom. The summed E-state index contributed by atoms with van der Waals surface area (Å²) in [5.74, 6) is 0. The molecule has 0 spiro atoms. The van der Waals surface area contributed by atoms with Gasteiger partial charge in [0, 0.05) is 25.2 Å². The first kappa shape index (κ1) is 8.81. The molecule has 2 fully saturated rings. The molecule has 0 radical (unpaired) electrons. The van der Waals surface area contributed by atoms with E-state index < -0.39 is 6.09 Å². The van der Waals surface area contributed by atoms with Gasteiger partial charge in [0.05, 0.1) is 0 Å². The Morgan fingerprint density at radius 1 is 1.38 bits per heavy atom. The van der Waals surface area contributed by atoms with Crippen LogP contribution in [0.3, 0.4) is 0 Å². The molecule has 1 amide bonds. The van der Waals surface area contributed by atoms with Crippen molar-refractivity contribution in [3.05, 3.63) is 0 Å². The highest BCUT2D eigenvalue weighted by atomic mass is 16.4. The predicted molar refractivity (Wildman–Crippen MR) is 48.8 cm³/mol. The van der Waals surface area contributed by atoms with Gasteiger partial charge in [0.2, 0.25) is 0 Å². The van der Waals surface area contributed by atoms with E-state index >= 15 is 0 Å². The quantitative estimate of drug-likeness (QED) is 0.636. The highest BCUT2D eigenvalue weighted by Gasteiger charge is 2.36. The summed E-state index contributed by atoms with van der Waals surface area (Å²) in [5, 5.41) is 12.3. The Labute approximate surface area is 77.9 Å². The summed E-state index contributed by atoms with van der Waals surface area (Å²) in [6.07, 6.45) is 3.60. The van der Waals surface area contributed by atoms with Crippen LogP contribution < -0.4 is 5.32 Å². The number of nitrogens with one attached hydrogen (secondary N) is 1. The van der Waals surface area contributed by atoms with E-state index in [0.717, 1.165) is 12.8 Å². The van der Waals surface area contributed by atoms with E-state index in [4.69, 9.17) is 5.11 Å². The standard InChI is InChI=1S/C9H16N2O2/c1-11(9(12)13)8-4-6-2-3-7(5-8)10-6/h6-8,10H,2-5H2,1H3,(H,12,13)/t6-,7+,8+. The average Bonchev–Trinajstić information content (AvgIpc) is 2.44. The molecule has 2 aliphatic rings. The number of fused-ring (bicyclic) bond motifs is 2. The van der Waals surface area contributed by atoms with Crippen molar-refractivity contribution < 1.29 is 9.90 Å². The number of carbonyl (C=O) groups is 1. The summed E-state index contributed by atoms with van der Waals surface area (Å²) in [7, 11) is 1.68. The monoisotopic (exact) mass is 184 g/mol. The van der Waals surface area contributed by atoms with Crippen molar-refractivity contribution in [3.63, 3.8) is 0 Å². The van der Waals surface area contributed by atoms with Crippen molar-refractivity contribution in [3.8, 4) is 0 Å². The summed E-state index contributed by atoms with van der Waals surface area (Å²) < 4.78 is 0. The fraction of sp³-hybridized carbons (Fsp3) is 0.889. The molecule has 0 saturated carbocycles. The number of piperidine rings is 1. The lowest BCUT2D eigenvalue weighted by molar-refractivity contribution is 0.121. The van der Waals surface area contributed by atoms with E-state index in [-0.39, 0.29) is 6.04 Å². The summed E-state index contributed by atoms with van der Waals surface area (Å²) in [6.45, 7) is 0. The molecule has 2 bridgehead atoms. The molecular weight excluding hydrogens is 168 g/mol. The van der Waals surface area contributed by atoms with Gasteiger partial charge in [-0.05, 0) is 25.7 Å². The van der Waals surface area contributed by atoms with E-state index in [1.165, 1.54) is 17.7 Å². The van der Waals surface area contributed by atoms with Crippen LogP contribution in [0.2, 0.25) is 0 Å². The predicted octanol–water partition coefficient (Wildman–Crippen LogP) is 0.879. The van der Waals surface area contributed by atoms with Crippen LogP contribution >= 0.6 is 0 Å². The van der Waals surface area contributed by atoms with Crippen molar-refractivity contribution in [1.29, 1.82) is 0 Å². The van der Waals surface area contributed by atoms with Crippen LogP contribution in [0.25, 0.3) is 0 Å². The lowest BCUT2D eigenvalue weighted by Crippen LogP contribution is -2.48. The molecule has 74 valence electrons. The van der Waals surface area contributed by atoms with Gasteiger partial charge in [-0.3, -0.25) is 0 Å². The van der Waals surface area contributed by atoms with Crippen LogP contribution in [0.4, 0.5) is 4.79 Å². The second-order valence-electron chi connectivity index (χ2n) is 4.16. The molecule has 13 heavy (non-hydrogen) atoms.